The van der Waals surface area contributed by atoms with Gasteiger partial charge in [-0.25, -0.2) is 4.79 Å². The van der Waals surface area contributed by atoms with E-state index in [9.17, 15) is 9.59 Å². The van der Waals surface area contributed by atoms with Crippen molar-refractivity contribution >= 4 is 39.6 Å². The number of carbonyl (C=O) groups excluding carboxylic acids is 2. The van der Waals surface area contributed by atoms with Gasteiger partial charge in [-0.3, -0.25) is 9.69 Å². The third-order valence-electron chi connectivity index (χ3n) is 4.46. The highest BCUT2D eigenvalue weighted by Gasteiger charge is 2.30. The number of amides is 1. The van der Waals surface area contributed by atoms with Crippen molar-refractivity contribution < 1.29 is 14.3 Å². The number of nitrogens with zero attached hydrogens (tertiary/aromatic N) is 1. The summed E-state index contributed by atoms with van der Waals surface area (Å²) in [5.41, 5.74) is 1.59. The molecule has 1 amide bonds. The lowest BCUT2D eigenvalue weighted by Gasteiger charge is -2.30. The van der Waals surface area contributed by atoms with E-state index in [2.05, 4.69) is 24.1 Å². The van der Waals surface area contributed by atoms with Crippen molar-refractivity contribution in [1.29, 1.82) is 0 Å². The zero-order chi connectivity index (χ0) is 18.7. The summed E-state index contributed by atoms with van der Waals surface area (Å²) in [6.07, 6.45) is 1.12. The van der Waals surface area contributed by atoms with Crippen molar-refractivity contribution in [2.75, 3.05) is 18.5 Å². The minimum atomic E-state index is -0.338. The molecule has 2 aromatic rings. The fourth-order valence-electron chi connectivity index (χ4n) is 3.11. The summed E-state index contributed by atoms with van der Waals surface area (Å²) in [5.74, 6) is -0.438. The standard InChI is InChI=1S/C19H24N2O3S2/c1-4-24-19(23)17-14-7-8-21(12(2)3)11-15(14)26-18(17)20-16(22)10-13-6-5-9-25-13/h5-6,9,12H,4,7-8,10-11H2,1-3H3,(H,20,22). The quantitative estimate of drug-likeness (QED) is 0.757. The van der Waals surface area contributed by atoms with Gasteiger partial charge in [-0.1, -0.05) is 6.07 Å². The molecular formula is C19H24N2O3S2. The Labute approximate surface area is 162 Å². The van der Waals surface area contributed by atoms with Crippen molar-refractivity contribution in [2.24, 2.45) is 0 Å². The fourth-order valence-corrected chi connectivity index (χ4v) is 5.09. The van der Waals surface area contributed by atoms with E-state index in [1.807, 2.05) is 17.5 Å². The van der Waals surface area contributed by atoms with E-state index in [4.69, 9.17) is 4.74 Å². The molecule has 0 unspecified atom stereocenters. The molecule has 26 heavy (non-hydrogen) atoms. The lowest BCUT2D eigenvalue weighted by molar-refractivity contribution is -0.115. The van der Waals surface area contributed by atoms with Gasteiger partial charge in [0.15, 0.2) is 0 Å². The summed E-state index contributed by atoms with van der Waals surface area (Å²) in [6, 6.07) is 4.33. The number of fused-ring (bicyclic) bond motifs is 1. The minimum Gasteiger partial charge on any atom is -0.462 e. The Bertz CT molecular complexity index is 781. The predicted octanol–water partition coefficient (Wildman–Crippen LogP) is 3.93. The average Bonchev–Trinajstić information content (AvgIpc) is 3.21. The molecular weight excluding hydrogens is 368 g/mol. The molecule has 140 valence electrons. The van der Waals surface area contributed by atoms with E-state index in [0.717, 1.165) is 34.8 Å². The van der Waals surface area contributed by atoms with Crippen molar-refractivity contribution in [3.63, 3.8) is 0 Å². The Balaban J connectivity index is 1.86. The Morgan fingerprint density at radius 1 is 1.38 bits per heavy atom. The van der Waals surface area contributed by atoms with Crippen LogP contribution in [0.2, 0.25) is 0 Å². The molecule has 2 aromatic heterocycles. The van der Waals surface area contributed by atoms with Crippen LogP contribution < -0.4 is 5.32 Å². The van der Waals surface area contributed by atoms with Crippen molar-refractivity contribution in [1.82, 2.24) is 4.90 Å². The second-order valence-electron chi connectivity index (χ2n) is 6.55. The number of anilines is 1. The average molecular weight is 393 g/mol. The topological polar surface area (TPSA) is 58.6 Å². The Hall–Kier alpha value is -1.70. The summed E-state index contributed by atoms with van der Waals surface area (Å²) in [6.45, 7) is 8.20. The Morgan fingerprint density at radius 3 is 2.85 bits per heavy atom. The van der Waals surface area contributed by atoms with Gasteiger partial charge in [-0.15, -0.1) is 22.7 Å². The number of rotatable bonds is 6. The number of hydrogen-bond acceptors (Lipinski definition) is 6. The van der Waals surface area contributed by atoms with Crippen molar-refractivity contribution in [2.45, 2.75) is 46.2 Å². The van der Waals surface area contributed by atoms with E-state index in [-0.39, 0.29) is 11.9 Å². The largest absolute Gasteiger partial charge is 0.462 e. The first-order valence-corrected chi connectivity index (χ1v) is 10.6. The van der Waals surface area contributed by atoms with Crippen LogP contribution >= 0.6 is 22.7 Å². The summed E-state index contributed by atoms with van der Waals surface area (Å²) in [7, 11) is 0. The Kier molecular flexibility index (Phi) is 6.11. The highest BCUT2D eigenvalue weighted by atomic mass is 32.1. The van der Waals surface area contributed by atoms with Crippen LogP contribution in [-0.4, -0.2) is 36.0 Å². The number of ether oxygens (including phenoxy) is 1. The Morgan fingerprint density at radius 2 is 2.19 bits per heavy atom. The van der Waals surface area contributed by atoms with Crippen LogP contribution in [0.4, 0.5) is 5.00 Å². The second-order valence-corrected chi connectivity index (χ2v) is 8.68. The molecule has 0 fully saturated rings. The smallest absolute Gasteiger partial charge is 0.341 e. The van der Waals surface area contributed by atoms with Gasteiger partial charge < -0.3 is 10.1 Å². The van der Waals surface area contributed by atoms with Gasteiger partial charge in [0.25, 0.3) is 0 Å². The number of nitrogens with one attached hydrogen (secondary N) is 1. The SMILES string of the molecule is CCOC(=O)c1c(NC(=O)Cc2cccs2)sc2c1CCN(C(C)C)C2. The summed E-state index contributed by atoms with van der Waals surface area (Å²) in [4.78, 5) is 29.5. The maximum Gasteiger partial charge on any atom is 0.341 e. The second kappa shape index (κ2) is 8.33. The molecule has 7 heteroatoms. The van der Waals surface area contributed by atoms with Crippen LogP contribution in [0.15, 0.2) is 17.5 Å². The molecule has 0 atom stereocenters. The van der Waals surface area contributed by atoms with Gasteiger partial charge in [0.05, 0.1) is 18.6 Å². The molecule has 0 radical (unpaired) electrons. The molecule has 1 N–H and O–H groups in total. The van der Waals surface area contributed by atoms with E-state index in [1.54, 1.807) is 18.3 Å². The van der Waals surface area contributed by atoms with Gasteiger partial charge in [0, 0.05) is 28.9 Å². The van der Waals surface area contributed by atoms with Crippen molar-refractivity contribution in [3.05, 3.63) is 38.4 Å². The van der Waals surface area contributed by atoms with E-state index < -0.39 is 0 Å². The maximum absolute atomic E-state index is 12.5. The molecule has 0 aromatic carbocycles. The molecule has 3 heterocycles. The van der Waals surface area contributed by atoms with Crippen molar-refractivity contribution in [3.8, 4) is 0 Å². The van der Waals surface area contributed by atoms with E-state index in [1.165, 1.54) is 11.3 Å². The number of carbonyl (C=O) groups is 2. The monoisotopic (exact) mass is 392 g/mol. The normalized spacial score (nSPS) is 14.3. The first kappa shape index (κ1) is 19.1. The predicted molar refractivity (Wildman–Crippen MR) is 106 cm³/mol. The third kappa shape index (κ3) is 4.16. The molecule has 0 saturated heterocycles. The fraction of sp³-hybridized carbons (Fsp3) is 0.474. The summed E-state index contributed by atoms with van der Waals surface area (Å²) >= 11 is 3.06. The number of hydrogen-bond donors (Lipinski definition) is 1. The van der Waals surface area contributed by atoms with Crippen LogP contribution in [0.1, 0.15) is 46.4 Å². The van der Waals surface area contributed by atoms with Crippen LogP contribution in [0, 0.1) is 0 Å². The van der Waals surface area contributed by atoms with Gasteiger partial charge in [0.1, 0.15) is 5.00 Å². The molecule has 1 aliphatic heterocycles. The highest BCUT2D eigenvalue weighted by molar-refractivity contribution is 7.17. The first-order valence-electron chi connectivity index (χ1n) is 8.87. The van der Waals surface area contributed by atoms with Gasteiger partial charge >= 0.3 is 5.97 Å². The van der Waals surface area contributed by atoms with Crippen LogP contribution in [0.5, 0.6) is 0 Å². The highest BCUT2D eigenvalue weighted by Crippen LogP contribution is 2.38. The third-order valence-corrected chi connectivity index (χ3v) is 6.47. The van der Waals surface area contributed by atoms with E-state index in [0.29, 0.717) is 29.6 Å². The van der Waals surface area contributed by atoms with Crippen LogP contribution in [0.3, 0.4) is 0 Å². The van der Waals surface area contributed by atoms with Gasteiger partial charge in [-0.05, 0) is 44.2 Å². The zero-order valence-electron chi connectivity index (χ0n) is 15.3. The van der Waals surface area contributed by atoms with Gasteiger partial charge in [-0.2, -0.15) is 0 Å². The maximum atomic E-state index is 12.5. The number of thiophene rings is 2. The van der Waals surface area contributed by atoms with Crippen LogP contribution in [0.25, 0.3) is 0 Å². The van der Waals surface area contributed by atoms with E-state index >= 15 is 0 Å². The molecule has 0 aliphatic carbocycles. The molecule has 1 aliphatic rings. The molecule has 5 nitrogen and oxygen atoms in total. The van der Waals surface area contributed by atoms with Gasteiger partial charge in [0.2, 0.25) is 5.91 Å². The summed E-state index contributed by atoms with van der Waals surface area (Å²) < 4.78 is 5.26. The molecule has 0 saturated carbocycles. The molecule has 0 bridgehead atoms. The molecule has 0 spiro atoms. The first-order chi connectivity index (χ1) is 12.5. The minimum absolute atomic E-state index is 0.0997. The van der Waals surface area contributed by atoms with Crippen LogP contribution in [-0.2, 0) is 28.9 Å². The zero-order valence-corrected chi connectivity index (χ0v) is 17.0. The lowest BCUT2D eigenvalue weighted by atomic mass is 10.0. The number of esters is 1. The molecule has 3 rings (SSSR count). The lowest BCUT2D eigenvalue weighted by Crippen LogP contribution is -2.35. The summed E-state index contributed by atoms with van der Waals surface area (Å²) in [5, 5.41) is 5.54.